The van der Waals surface area contributed by atoms with Gasteiger partial charge in [-0.25, -0.2) is 9.67 Å². The molecule has 1 amide bonds. The number of benzene rings is 1. The molecule has 10 nitrogen and oxygen atoms in total. The van der Waals surface area contributed by atoms with Gasteiger partial charge in [0.05, 0.1) is 17.7 Å². The zero-order valence-corrected chi connectivity index (χ0v) is 21.9. The Labute approximate surface area is 214 Å². The van der Waals surface area contributed by atoms with Crippen molar-refractivity contribution in [2.24, 2.45) is 5.41 Å². The van der Waals surface area contributed by atoms with Crippen molar-refractivity contribution in [2.75, 3.05) is 12.4 Å². The highest BCUT2D eigenvalue weighted by molar-refractivity contribution is 9.10. The van der Waals surface area contributed by atoms with Crippen LogP contribution in [-0.2, 0) is 11.4 Å². The Hall–Kier alpha value is -2.96. The van der Waals surface area contributed by atoms with Gasteiger partial charge in [0.15, 0.2) is 5.65 Å². The van der Waals surface area contributed by atoms with Crippen LogP contribution in [0.4, 0.5) is 5.95 Å². The number of aliphatic hydroxyl groups is 1. The van der Waals surface area contributed by atoms with Gasteiger partial charge in [-0.2, -0.15) is 10.1 Å². The van der Waals surface area contributed by atoms with Crippen LogP contribution in [0.5, 0.6) is 0 Å². The lowest BCUT2D eigenvalue weighted by Crippen LogP contribution is -2.35. The molecule has 3 N–H and O–H groups in total. The molecular formula is C23H25BrN8O2S. The molecule has 12 heteroatoms. The van der Waals surface area contributed by atoms with Gasteiger partial charge in [0.25, 0.3) is 0 Å². The van der Waals surface area contributed by atoms with Gasteiger partial charge in [-0.05, 0) is 65.9 Å². The Balaban J connectivity index is 1.47. The maximum atomic E-state index is 12.3. The van der Waals surface area contributed by atoms with Gasteiger partial charge in [-0.3, -0.25) is 4.79 Å². The normalized spacial score (nSPS) is 19.9. The van der Waals surface area contributed by atoms with Gasteiger partial charge in [0, 0.05) is 30.3 Å². The molecular weight excluding hydrogens is 532 g/mol. The van der Waals surface area contributed by atoms with Gasteiger partial charge in [-0.1, -0.05) is 18.3 Å². The molecule has 0 spiro atoms. The minimum Gasteiger partial charge on any atom is -0.392 e. The molecule has 5 rings (SSSR count). The molecule has 0 bridgehead atoms. The number of rotatable bonds is 6. The Morgan fingerprint density at radius 1 is 1.37 bits per heavy atom. The van der Waals surface area contributed by atoms with Crippen LogP contribution in [0.25, 0.3) is 27.3 Å². The zero-order chi connectivity index (χ0) is 24.7. The minimum absolute atomic E-state index is 0.0620. The molecule has 0 aliphatic heterocycles. The molecule has 1 aromatic carbocycles. The van der Waals surface area contributed by atoms with Gasteiger partial charge < -0.3 is 15.7 Å². The number of anilines is 1. The molecule has 1 aliphatic rings. The molecule has 1 aliphatic carbocycles. The second-order valence-electron chi connectivity index (χ2n) is 8.98. The van der Waals surface area contributed by atoms with E-state index in [1.807, 2.05) is 32.0 Å². The van der Waals surface area contributed by atoms with Crippen molar-refractivity contribution in [2.45, 2.75) is 45.8 Å². The first-order chi connectivity index (χ1) is 16.8. The van der Waals surface area contributed by atoms with E-state index in [0.29, 0.717) is 22.6 Å². The molecule has 3 heterocycles. The highest BCUT2D eigenvalue weighted by atomic mass is 79.9. The summed E-state index contributed by atoms with van der Waals surface area (Å²) in [6, 6.07) is 5.82. The number of hydrogen-bond acceptors (Lipinski definition) is 9. The van der Waals surface area contributed by atoms with Gasteiger partial charge >= 0.3 is 0 Å². The molecule has 35 heavy (non-hydrogen) atoms. The highest BCUT2D eigenvalue weighted by Crippen LogP contribution is 2.39. The Kier molecular flexibility index (Phi) is 6.28. The number of aryl methyl sites for hydroxylation is 1. The summed E-state index contributed by atoms with van der Waals surface area (Å²) in [6.45, 7) is 3.75. The monoisotopic (exact) mass is 556 g/mol. The molecule has 3 aromatic heterocycles. The molecule has 1 saturated carbocycles. The van der Waals surface area contributed by atoms with Crippen LogP contribution in [0.1, 0.15) is 36.8 Å². The number of hydrogen-bond donors (Lipinski definition) is 3. The maximum Gasteiger partial charge on any atom is 0.225 e. The summed E-state index contributed by atoms with van der Waals surface area (Å²) in [7, 11) is 1.67. The first-order valence-electron chi connectivity index (χ1n) is 11.3. The second-order valence-corrected chi connectivity index (χ2v) is 10.9. The smallest absolute Gasteiger partial charge is 0.225 e. The standard InChI is InChI=1S/C23H25BrN8O2S/c1-12-29-30-20(35-12)16-5-4-15(8-13(16)11-33)32-19-17(18(24)31-32)10-26-22(28-19)27-14-6-7-23(2,9-14)21(34)25-3/h4-5,8,10,14,33H,6-7,9,11H2,1-3H3,(H,25,34)(H,26,27,28)/t14-,23-/m1/s1. The van der Waals surface area contributed by atoms with Gasteiger partial charge in [0.2, 0.25) is 11.9 Å². The summed E-state index contributed by atoms with van der Waals surface area (Å²) < 4.78 is 2.35. The van der Waals surface area contributed by atoms with E-state index < -0.39 is 5.41 Å². The lowest BCUT2D eigenvalue weighted by Gasteiger charge is -2.22. The van der Waals surface area contributed by atoms with E-state index in [4.69, 9.17) is 4.98 Å². The summed E-state index contributed by atoms with van der Waals surface area (Å²) >= 11 is 4.99. The van der Waals surface area contributed by atoms with Crippen molar-refractivity contribution in [3.05, 3.63) is 39.6 Å². The van der Waals surface area contributed by atoms with Crippen molar-refractivity contribution >= 4 is 50.2 Å². The number of fused-ring (bicyclic) bond motifs is 1. The van der Waals surface area contributed by atoms with E-state index in [9.17, 15) is 9.90 Å². The predicted octanol–water partition coefficient (Wildman–Crippen LogP) is 3.61. The number of carbonyl (C=O) groups excluding carboxylic acids is 1. The zero-order valence-electron chi connectivity index (χ0n) is 19.5. The second kappa shape index (κ2) is 9.25. The van der Waals surface area contributed by atoms with Crippen LogP contribution in [0.3, 0.4) is 0 Å². The van der Waals surface area contributed by atoms with Crippen molar-refractivity contribution in [1.29, 1.82) is 0 Å². The van der Waals surface area contributed by atoms with Crippen molar-refractivity contribution < 1.29 is 9.90 Å². The number of nitrogens with one attached hydrogen (secondary N) is 2. The number of halogens is 1. The van der Waals surface area contributed by atoms with Gasteiger partial charge in [0.1, 0.15) is 14.6 Å². The molecule has 1 fully saturated rings. The van der Waals surface area contributed by atoms with Crippen LogP contribution in [0.15, 0.2) is 29.0 Å². The first-order valence-corrected chi connectivity index (χ1v) is 12.9. The summed E-state index contributed by atoms with van der Waals surface area (Å²) in [5, 5.41) is 31.5. The van der Waals surface area contributed by atoms with Crippen LogP contribution in [-0.4, -0.2) is 54.0 Å². The maximum absolute atomic E-state index is 12.3. The van der Waals surface area contributed by atoms with Crippen LogP contribution < -0.4 is 10.6 Å². The number of aromatic nitrogens is 6. The average Bonchev–Trinajstić information content (AvgIpc) is 3.55. The van der Waals surface area contributed by atoms with Gasteiger partial charge in [-0.15, -0.1) is 10.2 Å². The van der Waals surface area contributed by atoms with Crippen LogP contribution >= 0.6 is 27.3 Å². The number of carbonyl (C=O) groups is 1. The quantitative estimate of drug-likeness (QED) is 0.328. The molecule has 2 atom stereocenters. The topological polar surface area (TPSA) is 131 Å². The minimum atomic E-state index is -0.394. The predicted molar refractivity (Wildman–Crippen MR) is 137 cm³/mol. The molecule has 0 unspecified atom stereocenters. The summed E-state index contributed by atoms with van der Waals surface area (Å²) in [5.41, 5.74) is 2.56. The lowest BCUT2D eigenvalue weighted by molar-refractivity contribution is -0.129. The fourth-order valence-electron chi connectivity index (χ4n) is 4.63. The fraction of sp³-hybridized carbons (Fsp3) is 0.391. The summed E-state index contributed by atoms with van der Waals surface area (Å²) in [6.07, 6.45) is 4.11. The Morgan fingerprint density at radius 3 is 2.91 bits per heavy atom. The molecule has 4 aromatic rings. The first kappa shape index (κ1) is 23.8. The third-order valence-corrected chi connectivity index (χ3v) is 7.95. The van der Waals surface area contributed by atoms with E-state index in [0.717, 1.165) is 45.1 Å². The average molecular weight is 557 g/mol. The van der Waals surface area contributed by atoms with Crippen LogP contribution in [0, 0.1) is 12.3 Å². The van der Waals surface area contributed by atoms with E-state index in [1.54, 1.807) is 17.9 Å². The Bertz CT molecular complexity index is 1420. The van der Waals surface area contributed by atoms with Crippen LogP contribution in [0.2, 0.25) is 0 Å². The number of aliphatic hydroxyl groups excluding tert-OH is 1. The summed E-state index contributed by atoms with van der Waals surface area (Å²) in [5.74, 6) is 0.549. The Morgan fingerprint density at radius 2 is 2.20 bits per heavy atom. The van der Waals surface area contributed by atoms with Crippen molar-refractivity contribution in [3.63, 3.8) is 0 Å². The molecule has 182 valence electrons. The lowest BCUT2D eigenvalue weighted by atomic mass is 9.87. The molecule has 0 radical (unpaired) electrons. The SMILES string of the molecule is CNC(=O)[C@]1(C)CC[C@@H](Nc2ncc3c(Br)nn(-c4ccc(-c5nnc(C)s5)c(CO)c4)c3n2)C1. The highest BCUT2D eigenvalue weighted by Gasteiger charge is 2.41. The van der Waals surface area contributed by atoms with Crippen molar-refractivity contribution in [3.8, 4) is 16.3 Å². The van der Waals surface area contributed by atoms with Crippen molar-refractivity contribution in [1.82, 2.24) is 35.3 Å². The van der Waals surface area contributed by atoms with E-state index in [1.165, 1.54) is 11.3 Å². The number of amides is 1. The molecule has 0 saturated heterocycles. The number of nitrogens with zero attached hydrogens (tertiary/aromatic N) is 6. The largest absolute Gasteiger partial charge is 0.392 e. The van der Waals surface area contributed by atoms with E-state index in [2.05, 4.69) is 46.8 Å². The fourth-order valence-corrected chi connectivity index (χ4v) is 5.82. The third kappa shape index (κ3) is 4.41. The third-order valence-electron chi connectivity index (χ3n) is 6.49. The van der Waals surface area contributed by atoms with E-state index in [-0.39, 0.29) is 18.6 Å². The van der Waals surface area contributed by atoms with E-state index >= 15 is 0 Å². The summed E-state index contributed by atoms with van der Waals surface area (Å²) in [4.78, 5) is 21.5.